The van der Waals surface area contributed by atoms with Crippen molar-refractivity contribution in [1.82, 2.24) is 4.31 Å². The molecule has 0 aliphatic rings. The molecule has 1 aromatic rings. The maximum Gasteiger partial charge on any atom is 0.256 e. The molecule has 0 fully saturated rings. The number of thioether (sulfide) groups is 1. The van der Waals surface area contributed by atoms with Crippen molar-refractivity contribution >= 4 is 33.1 Å². The van der Waals surface area contributed by atoms with E-state index in [0.717, 1.165) is 11.3 Å². The lowest BCUT2D eigenvalue weighted by atomic mass is 10.6. The summed E-state index contributed by atoms with van der Waals surface area (Å²) in [5.41, 5.74) is 0. The van der Waals surface area contributed by atoms with E-state index in [4.69, 9.17) is 0 Å². The molecule has 4 nitrogen and oxygen atoms in total. The molecule has 0 aliphatic carbocycles. The monoisotopic (exact) mass is 281 g/mol. The minimum Gasteiger partial charge on any atom is -0.505 e. The first-order chi connectivity index (χ1) is 7.48. The van der Waals surface area contributed by atoms with Gasteiger partial charge in [0.1, 0.15) is 0 Å². The van der Waals surface area contributed by atoms with Crippen LogP contribution in [0.2, 0.25) is 0 Å². The van der Waals surface area contributed by atoms with Gasteiger partial charge in [-0.25, -0.2) is 8.42 Å². The number of nitrogens with zero attached hydrogens (tertiary/aromatic N) is 1. The van der Waals surface area contributed by atoms with Gasteiger partial charge in [0.25, 0.3) is 10.0 Å². The van der Waals surface area contributed by atoms with Crippen LogP contribution < -0.4 is 0 Å². The van der Waals surface area contributed by atoms with Gasteiger partial charge in [-0.2, -0.15) is 4.31 Å². The van der Waals surface area contributed by atoms with Crippen molar-refractivity contribution in [3.05, 3.63) is 5.38 Å². The summed E-state index contributed by atoms with van der Waals surface area (Å²) >= 11 is 2.40. The Hall–Kier alpha value is -0.240. The maximum atomic E-state index is 12.1. The molecule has 16 heavy (non-hydrogen) atoms. The van der Waals surface area contributed by atoms with Crippen LogP contribution in [0.5, 0.6) is 5.75 Å². The molecule has 1 N–H and O–H groups in total. The molecule has 0 saturated heterocycles. The predicted molar refractivity (Wildman–Crippen MR) is 67.9 cm³/mol. The Morgan fingerprint density at radius 2 is 2.00 bits per heavy atom. The first-order valence-corrected chi connectivity index (χ1v) is 8.38. The predicted octanol–water partition coefficient (Wildman–Crippen LogP) is 2.21. The highest BCUT2D eigenvalue weighted by Gasteiger charge is 2.28. The van der Waals surface area contributed by atoms with Gasteiger partial charge < -0.3 is 5.11 Å². The number of sulfonamides is 1. The number of thiophene rings is 1. The van der Waals surface area contributed by atoms with Crippen molar-refractivity contribution in [1.29, 1.82) is 0 Å². The fourth-order valence-corrected chi connectivity index (χ4v) is 5.04. The third kappa shape index (κ3) is 2.37. The molecule has 0 unspecified atom stereocenters. The minimum absolute atomic E-state index is 0.0422. The quantitative estimate of drug-likeness (QED) is 0.841. The second-order valence-electron chi connectivity index (χ2n) is 3.03. The SMILES string of the molecule is CCN(CC)S(=O)(=O)c1scc(SC)c1O. The summed E-state index contributed by atoms with van der Waals surface area (Å²) in [5.74, 6) is -0.121. The van der Waals surface area contributed by atoms with E-state index < -0.39 is 10.0 Å². The summed E-state index contributed by atoms with van der Waals surface area (Å²) in [6.07, 6.45) is 1.80. The van der Waals surface area contributed by atoms with E-state index in [1.54, 1.807) is 25.5 Å². The van der Waals surface area contributed by atoms with Gasteiger partial charge in [0, 0.05) is 18.5 Å². The van der Waals surface area contributed by atoms with Crippen LogP contribution in [-0.2, 0) is 10.0 Å². The summed E-state index contributed by atoms with van der Waals surface area (Å²) in [7, 11) is -3.53. The van der Waals surface area contributed by atoms with Crippen LogP contribution in [-0.4, -0.2) is 37.2 Å². The van der Waals surface area contributed by atoms with E-state index in [1.807, 2.05) is 0 Å². The topological polar surface area (TPSA) is 57.6 Å². The van der Waals surface area contributed by atoms with Crippen LogP contribution in [0.4, 0.5) is 0 Å². The summed E-state index contributed by atoms with van der Waals surface area (Å²) in [4.78, 5) is 0.607. The zero-order valence-electron chi connectivity index (χ0n) is 9.43. The summed E-state index contributed by atoms with van der Waals surface area (Å²) in [6, 6.07) is 0. The van der Waals surface area contributed by atoms with Gasteiger partial charge in [0.15, 0.2) is 9.96 Å². The number of hydrogen-bond donors (Lipinski definition) is 1. The molecular weight excluding hydrogens is 266 g/mol. The van der Waals surface area contributed by atoms with E-state index in [1.165, 1.54) is 16.1 Å². The van der Waals surface area contributed by atoms with Gasteiger partial charge >= 0.3 is 0 Å². The number of rotatable bonds is 5. The van der Waals surface area contributed by atoms with Crippen LogP contribution in [0, 0.1) is 0 Å². The second kappa shape index (κ2) is 5.39. The van der Waals surface area contributed by atoms with Crippen LogP contribution >= 0.6 is 23.1 Å². The maximum absolute atomic E-state index is 12.1. The Bertz CT molecular complexity index is 449. The third-order valence-electron chi connectivity index (χ3n) is 2.20. The fraction of sp³-hybridized carbons (Fsp3) is 0.556. The Morgan fingerprint density at radius 3 is 2.38 bits per heavy atom. The molecular formula is C9H15NO3S3. The van der Waals surface area contributed by atoms with Crippen molar-refractivity contribution in [2.75, 3.05) is 19.3 Å². The Morgan fingerprint density at radius 1 is 1.44 bits per heavy atom. The molecule has 1 rings (SSSR count). The van der Waals surface area contributed by atoms with Crippen LogP contribution in [0.3, 0.4) is 0 Å². The fourth-order valence-electron chi connectivity index (χ4n) is 1.33. The van der Waals surface area contributed by atoms with Crippen molar-refractivity contribution in [3.8, 4) is 5.75 Å². The van der Waals surface area contributed by atoms with Gasteiger partial charge in [-0.1, -0.05) is 13.8 Å². The molecule has 0 radical (unpaired) electrons. The molecule has 0 bridgehead atoms. The van der Waals surface area contributed by atoms with Crippen molar-refractivity contribution < 1.29 is 13.5 Å². The normalized spacial score (nSPS) is 12.2. The molecule has 0 atom stereocenters. The summed E-state index contributed by atoms with van der Waals surface area (Å²) < 4.78 is 25.6. The average molecular weight is 281 g/mol. The van der Waals surface area contributed by atoms with Gasteiger partial charge in [0.2, 0.25) is 0 Å². The van der Waals surface area contributed by atoms with E-state index in [9.17, 15) is 13.5 Å². The molecule has 92 valence electrons. The van der Waals surface area contributed by atoms with Gasteiger partial charge in [-0.15, -0.1) is 23.1 Å². The first kappa shape index (κ1) is 13.8. The molecule has 0 spiro atoms. The minimum atomic E-state index is -3.53. The Kier molecular flexibility index (Phi) is 4.66. The standard InChI is InChI=1S/C9H15NO3S3/c1-4-10(5-2)16(12,13)9-8(11)7(14-3)6-15-9/h6,11H,4-5H2,1-3H3. The molecule has 1 heterocycles. The third-order valence-corrected chi connectivity index (χ3v) is 6.64. The summed E-state index contributed by atoms with van der Waals surface area (Å²) in [5, 5.41) is 11.5. The smallest absolute Gasteiger partial charge is 0.256 e. The lowest BCUT2D eigenvalue weighted by Gasteiger charge is -2.17. The van der Waals surface area contributed by atoms with Gasteiger partial charge in [-0.3, -0.25) is 0 Å². The highest BCUT2D eigenvalue weighted by atomic mass is 32.2. The molecule has 0 amide bonds. The van der Waals surface area contributed by atoms with Crippen molar-refractivity contribution in [2.45, 2.75) is 23.0 Å². The molecule has 1 aromatic heterocycles. The highest BCUT2D eigenvalue weighted by molar-refractivity contribution is 7.99. The van der Waals surface area contributed by atoms with Crippen LogP contribution in [0.25, 0.3) is 0 Å². The Balaban J connectivity index is 3.22. The molecule has 0 aromatic carbocycles. The lowest BCUT2D eigenvalue weighted by Crippen LogP contribution is -2.30. The van der Waals surface area contributed by atoms with Crippen molar-refractivity contribution in [3.63, 3.8) is 0 Å². The van der Waals surface area contributed by atoms with E-state index in [2.05, 4.69) is 0 Å². The molecule has 0 saturated carbocycles. The zero-order chi connectivity index (χ0) is 12.3. The Labute approximate surface area is 104 Å². The van der Waals surface area contributed by atoms with E-state index in [0.29, 0.717) is 18.0 Å². The van der Waals surface area contributed by atoms with E-state index in [-0.39, 0.29) is 9.96 Å². The first-order valence-electron chi connectivity index (χ1n) is 4.83. The van der Waals surface area contributed by atoms with Gasteiger partial charge in [0.05, 0.1) is 4.90 Å². The van der Waals surface area contributed by atoms with Crippen LogP contribution in [0.15, 0.2) is 14.5 Å². The second-order valence-corrected chi connectivity index (χ2v) is 6.89. The van der Waals surface area contributed by atoms with E-state index >= 15 is 0 Å². The lowest BCUT2D eigenvalue weighted by molar-refractivity contribution is 0.429. The summed E-state index contributed by atoms with van der Waals surface area (Å²) in [6.45, 7) is 4.37. The number of hydrogen-bond acceptors (Lipinski definition) is 5. The van der Waals surface area contributed by atoms with Crippen LogP contribution in [0.1, 0.15) is 13.8 Å². The highest BCUT2D eigenvalue weighted by Crippen LogP contribution is 2.39. The zero-order valence-corrected chi connectivity index (χ0v) is 11.9. The molecule has 7 heteroatoms. The number of aromatic hydroxyl groups is 1. The van der Waals surface area contributed by atoms with Gasteiger partial charge in [-0.05, 0) is 6.26 Å². The molecule has 0 aliphatic heterocycles. The average Bonchev–Trinajstić information content (AvgIpc) is 2.61. The largest absolute Gasteiger partial charge is 0.505 e. The van der Waals surface area contributed by atoms with Crippen molar-refractivity contribution in [2.24, 2.45) is 0 Å².